The number of carbonyl (C=O) groups excluding carboxylic acids is 2. The van der Waals surface area contributed by atoms with Gasteiger partial charge in [0.2, 0.25) is 17.6 Å². The molecule has 0 bridgehead atoms. The molecule has 0 radical (unpaired) electrons. The molecule has 2 aromatic heterocycles. The van der Waals surface area contributed by atoms with Crippen molar-refractivity contribution in [3.05, 3.63) is 70.5 Å². The standard InChI is InChI=1S/C23H23N5O3S/c1-2-3-13-27-21(31)17-11-7-8-12-18(17)28-22(27)25-26-23(28)32-15-20(30)24-19(29)14-16-9-5-4-6-10-16/h4-12H,2-3,13-15H2,1H3,(H,24,29,30). The highest BCUT2D eigenvalue weighted by atomic mass is 32.2. The first kappa shape index (κ1) is 21.8. The fourth-order valence-electron chi connectivity index (χ4n) is 3.49. The minimum atomic E-state index is -0.406. The van der Waals surface area contributed by atoms with Crippen molar-refractivity contribution < 1.29 is 9.59 Å². The summed E-state index contributed by atoms with van der Waals surface area (Å²) in [5, 5.41) is 11.9. The Balaban J connectivity index is 1.54. The Morgan fingerprint density at radius 1 is 1.00 bits per heavy atom. The molecule has 8 nitrogen and oxygen atoms in total. The first-order valence-corrected chi connectivity index (χ1v) is 11.4. The fourth-order valence-corrected chi connectivity index (χ4v) is 4.23. The van der Waals surface area contributed by atoms with E-state index in [1.807, 2.05) is 48.5 Å². The van der Waals surface area contributed by atoms with Gasteiger partial charge in [-0.3, -0.25) is 28.7 Å². The highest BCUT2D eigenvalue weighted by Gasteiger charge is 2.18. The number of nitrogens with one attached hydrogen (secondary N) is 1. The molecule has 0 saturated carbocycles. The van der Waals surface area contributed by atoms with Crippen LogP contribution in [0.1, 0.15) is 25.3 Å². The second kappa shape index (κ2) is 9.78. The van der Waals surface area contributed by atoms with Gasteiger partial charge in [0.15, 0.2) is 5.16 Å². The number of benzene rings is 2. The number of amides is 2. The van der Waals surface area contributed by atoms with E-state index < -0.39 is 5.91 Å². The summed E-state index contributed by atoms with van der Waals surface area (Å²) in [5.74, 6) is -0.308. The summed E-state index contributed by atoms with van der Waals surface area (Å²) >= 11 is 1.18. The van der Waals surface area contributed by atoms with Crippen LogP contribution in [0.15, 0.2) is 64.5 Å². The Hall–Kier alpha value is -3.46. The van der Waals surface area contributed by atoms with E-state index in [1.54, 1.807) is 15.0 Å². The molecule has 0 aliphatic heterocycles. The minimum absolute atomic E-state index is 0.00371. The Bertz CT molecular complexity index is 1330. The normalized spacial score (nSPS) is 11.2. The number of rotatable bonds is 8. The maximum absolute atomic E-state index is 13.0. The highest BCUT2D eigenvalue weighted by molar-refractivity contribution is 7.99. The topological polar surface area (TPSA) is 98.4 Å². The van der Waals surface area contributed by atoms with E-state index in [4.69, 9.17) is 0 Å². The number of hydrogen-bond donors (Lipinski definition) is 1. The van der Waals surface area contributed by atoms with Crippen LogP contribution in [0, 0.1) is 0 Å². The molecule has 2 amide bonds. The van der Waals surface area contributed by atoms with Gasteiger partial charge in [-0.15, -0.1) is 10.2 Å². The van der Waals surface area contributed by atoms with E-state index in [0.29, 0.717) is 28.4 Å². The molecule has 4 aromatic rings. The van der Waals surface area contributed by atoms with Gasteiger partial charge in [0, 0.05) is 6.54 Å². The lowest BCUT2D eigenvalue weighted by molar-refractivity contribution is -0.128. The van der Waals surface area contributed by atoms with E-state index in [9.17, 15) is 14.4 Å². The number of para-hydroxylation sites is 1. The van der Waals surface area contributed by atoms with Gasteiger partial charge in [0.05, 0.1) is 23.1 Å². The molecule has 0 saturated heterocycles. The number of nitrogens with zero attached hydrogens (tertiary/aromatic N) is 4. The maximum atomic E-state index is 13.0. The Morgan fingerprint density at radius 2 is 1.75 bits per heavy atom. The number of aryl methyl sites for hydroxylation is 1. The number of hydrogen-bond acceptors (Lipinski definition) is 6. The Labute approximate surface area is 188 Å². The number of unbranched alkanes of at least 4 members (excludes halogenated alkanes) is 1. The lowest BCUT2D eigenvalue weighted by Crippen LogP contribution is -2.33. The second-order valence-corrected chi connectivity index (χ2v) is 8.31. The molecule has 0 aliphatic carbocycles. The first-order chi connectivity index (χ1) is 15.6. The van der Waals surface area contributed by atoms with E-state index >= 15 is 0 Å². The second-order valence-electron chi connectivity index (χ2n) is 7.37. The summed E-state index contributed by atoms with van der Waals surface area (Å²) < 4.78 is 3.43. The van der Waals surface area contributed by atoms with Crippen LogP contribution in [-0.2, 0) is 22.6 Å². The average molecular weight is 450 g/mol. The van der Waals surface area contributed by atoms with E-state index in [0.717, 1.165) is 18.4 Å². The third-order valence-electron chi connectivity index (χ3n) is 5.03. The van der Waals surface area contributed by atoms with Crippen LogP contribution >= 0.6 is 11.8 Å². The van der Waals surface area contributed by atoms with Crippen LogP contribution in [0.3, 0.4) is 0 Å². The molecule has 0 aliphatic rings. The molecular formula is C23H23N5O3S. The van der Waals surface area contributed by atoms with Crippen LogP contribution in [0.25, 0.3) is 16.7 Å². The molecule has 2 aromatic carbocycles. The molecular weight excluding hydrogens is 426 g/mol. The van der Waals surface area contributed by atoms with Crippen molar-refractivity contribution in [3.63, 3.8) is 0 Å². The van der Waals surface area contributed by atoms with E-state index in [1.165, 1.54) is 11.8 Å². The highest BCUT2D eigenvalue weighted by Crippen LogP contribution is 2.21. The number of fused-ring (bicyclic) bond motifs is 3. The van der Waals surface area contributed by atoms with Crippen molar-refractivity contribution in [1.29, 1.82) is 0 Å². The summed E-state index contributed by atoms with van der Waals surface area (Å²) in [5.41, 5.74) is 1.42. The summed E-state index contributed by atoms with van der Waals surface area (Å²) in [6, 6.07) is 16.5. The van der Waals surface area contributed by atoms with Crippen molar-refractivity contribution in [3.8, 4) is 0 Å². The van der Waals surface area contributed by atoms with Gasteiger partial charge >= 0.3 is 0 Å². The van der Waals surface area contributed by atoms with Gasteiger partial charge in [-0.25, -0.2) is 0 Å². The zero-order valence-electron chi connectivity index (χ0n) is 17.7. The number of carbonyl (C=O) groups is 2. The lowest BCUT2D eigenvalue weighted by atomic mass is 10.1. The zero-order chi connectivity index (χ0) is 22.5. The Morgan fingerprint density at radius 3 is 2.53 bits per heavy atom. The molecule has 2 heterocycles. The van der Waals surface area contributed by atoms with Crippen LogP contribution < -0.4 is 10.9 Å². The van der Waals surface area contributed by atoms with Crippen LogP contribution in [0.4, 0.5) is 0 Å². The fraction of sp³-hybridized carbons (Fsp3) is 0.261. The van der Waals surface area contributed by atoms with Crippen LogP contribution in [-0.4, -0.2) is 36.7 Å². The molecule has 0 unspecified atom stereocenters. The average Bonchev–Trinajstić information content (AvgIpc) is 3.22. The van der Waals surface area contributed by atoms with Crippen molar-refractivity contribution in [1.82, 2.24) is 24.5 Å². The maximum Gasteiger partial charge on any atom is 0.262 e. The quantitative estimate of drug-likeness (QED) is 0.416. The first-order valence-electron chi connectivity index (χ1n) is 10.4. The number of thioether (sulfide) groups is 1. The molecule has 32 heavy (non-hydrogen) atoms. The Kier molecular flexibility index (Phi) is 6.65. The minimum Gasteiger partial charge on any atom is -0.295 e. The molecule has 0 fully saturated rings. The van der Waals surface area contributed by atoms with Crippen molar-refractivity contribution in [2.24, 2.45) is 0 Å². The lowest BCUT2D eigenvalue weighted by Gasteiger charge is -2.10. The van der Waals surface area contributed by atoms with Crippen molar-refractivity contribution in [2.75, 3.05) is 5.75 Å². The molecule has 4 rings (SSSR count). The predicted molar refractivity (Wildman–Crippen MR) is 124 cm³/mol. The van der Waals surface area contributed by atoms with Gasteiger partial charge in [0.25, 0.3) is 5.56 Å². The number of imide groups is 1. The molecule has 164 valence electrons. The van der Waals surface area contributed by atoms with Gasteiger partial charge in [-0.05, 0) is 24.1 Å². The van der Waals surface area contributed by atoms with Crippen LogP contribution in [0.2, 0.25) is 0 Å². The van der Waals surface area contributed by atoms with Gasteiger partial charge in [-0.1, -0.05) is 67.6 Å². The third kappa shape index (κ3) is 4.57. The van der Waals surface area contributed by atoms with Gasteiger partial charge in [0.1, 0.15) is 0 Å². The SMILES string of the molecule is CCCCn1c(=O)c2ccccc2n2c(SCC(=O)NC(=O)Cc3ccccc3)nnc12. The molecule has 1 N–H and O–H groups in total. The summed E-state index contributed by atoms with van der Waals surface area (Å²) in [4.78, 5) is 37.4. The molecule has 0 atom stereocenters. The van der Waals surface area contributed by atoms with Crippen molar-refractivity contribution in [2.45, 2.75) is 37.9 Å². The smallest absolute Gasteiger partial charge is 0.262 e. The predicted octanol–water partition coefficient (Wildman–Crippen LogP) is 2.82. The third-order valence-corrected chi connectivity index (χ3v) is 5.96. The van der Waals surface area contributed by atoms with Crippen LogP contribution in [0.5, 0.6) is 0 Å². The zero-order valence-corrected chi connectivity index (χ0v) is 18.5. The summed E-state index contributed by atoms with van der Waals surface area (Å²) in [6.45, 7) is 2.60. The van der Waals surface area contributed by atoms with E-state index in [2.05, 4.69) is 22.4 Å². The molecule has 9 heteroatoms. The van der Waals surface area contributed by atoms with Crippen molar-refractivity contribution >= 4 is 40.3 Å². The summed E-state index contributed by atoms with van der Waals surface area (Å²) in [7, 11) is 0. The van der Waals surface area contributed by atoms with Gasteiger partial charge in [-0.2, -0.15) is 0 Å². The molecule has 0 spiro atoms. The van der Waals surface area contributed by atoms with E-state index in [-0.39, 0.29) is 23.6 Å². The largest absolute Gasteiger partial charge is 0.295 e. The summed E-state index contributed by atoms with van der Waals surface area (Å²) in [6.07, 6.45) is 1.92. The monoisotopic (exact) mass is 449 g/mol. The van der Waals surface area contributed by atoms with Gasteiger partial charge < -0.3 is 0 Å². The number of aromatic nitrogens is 4.